The normalized spacial score (nSPS) is 22.0. The molecule has 1 aliphatic heterocycles. The Balaban J connectivity index is 1.76. The topological polar surface area (TPSA) is 110 Å². The molecule has 1 aliphatic rings. The molecular weight excluding hydrogens is 432 g/mol. The Hall–Kier alpha value is -2.30. The minimum Gasteiger partial charge on any atom is -0.435 e. The lowest BCUT2D eigenvalue weighted by Gasteiger charge is -2.33. The number of aryl methyl sites for hydroxylation is 1. The molecule has 0 amide bonds. The fourth-order valence-electron chi connectivity index (χ4n) is 3.09. The van der Waals surface area contributed by atoms with Gasteiger partial charge in [0.1, 0.15) is 22.9 Å². The summed E-state index contributed by atoms with van der Waals surface area (Å²) >= 11 is 7.96. The number of thiophene rings is 1. The van der Waals surface area contributed by atoms with Gasteiger partial charge in [0, 0.05) is 19.4 Å². The Labute approximate surface area is 179 Å². The third-order valence-electron chi connectivity index (χ3n) is 4.64. The molecule has 4 rings (SSSR count). The fraction of sp³-hybridized carbons (Fsp3) is 0.333. The zero-order valence-corrected chi connectivity index (χ0v) is 18.4. The quantitative estimate of drug-likeness (QED) is 0.653. The SMILES string of the molecule is CCc1nc(-c2cc(Cl)c(C3(C)CS(=O)N(C)C(N)=N3)s2)oc1-c1cncnc1. The molecule has 2 N–H and O–H groups in total. The van der Waals surface area contributed by atoms with Gasteiger partial charge in [-0.15, -0.1) is 11.3 Å². The van der Waals surface area contributed by atoms with Crippen molar-refractivity contribution >= 4 is 39.9 Å². The number of aliphatic imine (C=N–C) groups is 1. The van der Waals surface area contributed by atoms with E-state index in [9.17, 15) is 4.21 Å². The summed E-state index contributed by atoms with van der Waals surface area (Å²) < 4.78 is 19.9. The van der Waals surface area contributed by atoms with Crippen LogP contribution in [0.25, 0.3) is 22.1 Å². The Kier molecular flexibility index (Phi) is 5.18. The highest BCUT2D eigenvalue weighted by molar-refractivity contribution is 7.83. The predicted octanol–water partition coefficient (Wildman–Crippen LogP) is 3.21. The van der Waals surface area contributed by atoms with E-state index in [2.05, 4.69) is 19.9 Å². The highest BCUT2D eigenvalue weighted by Gasteiger charge is 2.39. The largest absolute Gasteiger partial charge is 0.435 e. The first-order chi connectivity index (χ1) is 13.8. The van der Waals surface area contributed by atoms with Crippen LogP contribution in [0.15, 0.2) is 34.2 Å². The van der Waals surface area contributed by atoms with Crippen LogP contribution >= 0.6 is 22.9 Å². The lowest BCUT2D eigenvalue weighted by Crippen LogP contribution is -2.47. The highest BCUT2D eigenvalue weighted by Crippen LogP contribution is 2.44. The van der Waals surface area contributed by atoms with Gasteiger partial charge in [-0.1, -0.05) is 18.5 Å². The molecule has 152 valence electrons. The van der Waals surface area contributed by atoms with E-state index in [4.69, 9.17) is 21.8 Å². The molecule has 0 saturated carbocycles. The van der Waals surface area contributed by atoms with Crippen molar-refractivity contribution in [2.24, 2.45) is 10.7 Å². The number of guanidine groups is 1. The van der Waals surface area contributed by atoms with Gasteiger partial charge in [-0.2, -0.15) is 0 Å². The molecule has 0 fully saturated rings. The number of hydrogen-bond donors (Lipinski definition) is 1. The molecule has 4 heterocycles. The van der Waals surface area contributed by atoms with E-state index in [1.54, 1.807) is 25.5 Å². The van der Waals surface area contributed by atoms with Crippen LogP contribution in [0.5, 0.6) is 0 Å². The standard InChI is InChI=1S/C18H19ClN6O2S2/c1-4-12-14(10-6-21-9-22-7-10)27-16(23-12)13-5-11(19)15(28-13)18(2)8-29(26)25(3)17(20)24-18/h5-7,9H,4,8H2,1-3H3,(H2,20,24). The third-order valence-corrected chi connectivity index (χ3v) is 8.03. The number of nitrogens with zero attached hydrogens (tertiary/aromatic N) is 5. The van der Waals surface area contributed by atoms with E-state index in [1.165, 1.54) is 22.0 Å². The highest BCUT2D eigenvalue weighted by atomic mass is 35.5. The summed E-state index contributed by atoms with van der Waals surface area (Å²) in [7, 11) is 0.375. The van der Waals surface area contributed by atoms with Gasteiger partial charge in [-0.25, -0.2) is 24.2 Å². The number of aromatic nitrogens is 3. The fourth-order valence-corrected chi connectivity index (χ4v) is 5.88. The Bertz CT molecular complexity index is 1110. The molecule has 0 saturated heterocycles. The molecule has 2 unspecified atom stereocenters. The molecule has 11 heteroatoms. The molecule has 2 atom stereocenters. The molecule has 0 radical (unpaired) electrons. The molecule has 3 aromatic heterocycles. The maximum absolute atomic E-state index is 12.4. The first-order valence-electron chi connectivity index (χ1n) is 8.85. The average Bonchev–Trinajstić information content (AvgIpc) is 3.30. The molecular formula is C18H19ClN6O2S2. The molecule has 0 aliphatic carbocycles. The Morgan fingerprint density at radius 1 is 1.41 bits per heavy atom. The summed E-state index contributed by atoms with van der Waals surface area (Å²) in [6.45, 7) is 3.89. The Morgan fingerprint density at radius 2 is 2.14 bits per heavy atom. The predicted molar refractivity (Wildman–Crippen MR) is 115 cm³/mol. The van der Waals surface area contributed by atoms with Crippen molar-refractivity contribution in [2.75, 3.05) is 12.8 Å². The summed E-state index contributed by atoms with van der Waals surface area (Å²) in [5, 5.41) is 0.520. The van der Waals surface area contributed by atoms with Gasteiger partial charge >= 0.3 is 0 Å². The van der Waals surface area contributed by atoms with Gasteiger partial charge in [-0.3, -0.25) is 4.31 Å². The summed E-state index contributed by atoms with van der Waals surface area (Å²) in [5.74, 6) is 1.62. The van der Waals surface area contributed by atoms with Crippen molar-refractivity contribution in [2.45, 2.75) is 25.8 Å². The second-order valence-corrected chi connectivity index (χ2v) is 9.71. The van der Waals surface area contributed by atoms with Crippen LogP contribution in [0.4, 0.5) is 0 Å². The average molecular weight is 451 g/mol. The van der Waals surface area contributed by atoms with Crippen LogP contribution in [0.1, 0.15) is 24.4 Å². The van der Waals surface area contributed by atoms with Crippen molar-refractivity contribution in [1.82, 2.24) is 19.3 Å². The number of oxazole rings is 1. The molecule has 8 nitrogen and oxygen atoms in total. The molecule has 3 aromatic rings. The van der Waals surface area contributed by atoms with Crippen LogP contribution in [-0.4, -0.2) is 42.2 Å². The lowest BCUT2D eigenvalue weighted by atomic mass is 10.0. The second kappa shape index (κ2) is 7.51. The smallest absolute Gasteiger partial charge is 0.237 e. The van der Waals surface area contributed by atoms with E-state index < -0.39 is 16.5 Å². The monoisotopic (exact) mass is 450 g/mol. The van der Waals surface area contributed by atoms with Crippen LogP contribution in [0.2, 0.25) is 5.02 Å². The summed E-state index contributed by atoms with van der Waals surface area (Å²) in [4.78, 5) is 18.8. The maximum atomic E-state index is 12.4. The number of rotatable bonds is 4. The zero-order chi connectivity index (χ0) is 20.8. The number of hydrogen-bond acceptors (Lipinski definition) is 8. The van der Waals surface area contributed by atoms with Gasteiger partial charge < -0.3 is 10.2 Å². The van der Waals surface area contributed by atoms with Gasteiger partial charge in [-0.05, 0) is 19.4 Å². The third kappa shape index (κ3) is 3.56. The number of halogens is 1. The van der Waals surface area contributed by atoms with Gasteiger partial charge in [0.05, 0.1) is 31.8 Å². The first-order valence-corrected chi connectivity index (χ1v) is 11.3. The molecule has 29 heavy (non-hydrogen) atoms. The molecule has 0 spiro atoms. The van der Waals surface area contributed by atoms with Gasteiger partial charge in [0.2, 0.25) is 11.9 Å². The van der Waals surface area contributed by atoms with Crippen molar-refractivity contribution in [1.29, 1.82) is 0 Å². The van der Waals surface area contributed by atoms with E-state index in [-0.39, 0.29) is 5.96 Å². The van der Waals surface area contributed by atoms with Crippen molar-refractivity contribution < 1.29 is 8.63 Å². The second-order valence-electron chi connectivity index (χ2n) is 6.77. The van der Waals surface area contributed by atoms with Crippen LogP contribution < -0.4 is 5.73 Å². The molecule has 0 bridgehead atoms. The van der Waals surface area contributed by atoms with E-state index in [0.717, 1.165) is 21.0 Å². The van der Waals surface area contributed by atoms with Gasteiger partial charge in [0.15, 0.2) is 5.76 Å². The van der Waals surface area contributed by atoms with Crippen LogP contribution in [0.3, 0.4) is 0 Å². The summed E-state index contributed by atoms with van der Waals surface area (Å²) in [6, 6.07) is 1.80. The molecule has 0 aromatic carbocycles. The maximum Gasteiger partial charge on any atom is 0.237 e. The minimum atomic E-state index is -1.28. The van der Waals surface area contributed by atoms with Crippen molar-refractivity contribution in [3.05, 3.63) is 40.4 Å². The summed E-state index contributed by atoms with van der Waals surface area (Å²) in [6.07, 6.45) is 5.55. The number of nitrogens with two attached hydrogens (primary N) is 1. The van der Waals surface area contributed by atoms with E-state index in [1.807, 2.05) is 13.8 Å². The van der Waals surface area contributed by atoms with Crippen molar-refractivity contribution in [3.8, 4) is 22.1 Å². The van der Waals surface area contributed by atoms with E-state index in [0.29, 0.717) is 28.8 Å². The lowest BCUT2D eigenvalue weighted by molar-refractivity contribution is 0.524. The van der Waals surface area contributed by atoms with Crippen LogP contribution in [0, 0.1) is 0 Å². The van der Waals surface area contributed by atoms with Crippen molar-refractivity contribution in [3.63, 3.8) is 0 Å². The first kappa shape index (κ1) is 20.0. The minimum absolute atomic E-state index is 0.221. The zero-order valence-electron chi connectivity index (χ0n) is 16.0. The van der Waals surface area contributed by atoms with Gasteiger partial charge in [0.25, 0.3) is 0 Å². The Morgan fingerprint density at radius 3 is 2.79 bits per heavy atom. The summed E-state index contributed by atoms with van der Waals surface area (Å²) in [5.41, 5.74) is 6.76. The van der Waals surface area contributed by atoms with Crippen LogP contribution in [-0.2, 0) is 22.9 Å². The van der Waals surface area contributed by atoms with E-state index >= 15 is 0 Å².